The van der Waals surface area contributed by atoms with Crippen LogP contribution in [0, 0.1) is 27.7 Å². The monoisotopic (exact) mass is 1190 g/mol. The number of carboxylic acids is 1. The minimum atomic E-state index is -0.934. The first-order chi connectivity index (χ1) is 38.3. The zero-order chi connectivity index (χ0) is 56.8. The van der Waals surface area contributed by atoms with Crippen LogP contribution >= 0.6 is 31.9 Å². The number of aryl methyl sites for hydroxylation is 2. The third-order valence-corrected chi connectivity index (χ3v) is 15.5. The fourth-order valence-electron chi connectivity index (χ4n) is 9.87. The van der Waals surface area contributed by atoms with Crippen LogP contribution in [-0.2, 0) is 30.9 Å². The van der Waals surface area contributed by atoms with Crippen LogP contribution in [0.15, 0.2) is 191 Å². The Bertz CT molecular complexity index is 3930. The number of rotatable bonds is 14. The number of benzene rings is 8. The molecular formula is C68H62Br2N4O6. The van der Waals surface area contributed by atoms with Crippen LogP contribution in [0.4, 0.5) is 0 Å². The van der Waals surface area contributed by atoms with Gasteiger partial charge in [0.2, 0.25) is 0 Å². The van der Waals surface area contributed by atoms with E-state index < -0.39 is 11.6 Å². The third kappa shape index (κ3) is 13.1. The number of carboxylic acid groups (broad SMARTS) is 1. The fraction of sp³-hybridized carbons (Fsp3) is 0.176. The van der Waals surface area contributed by atoms with E-state index in [1.807, 2.05) is 166 Å². The van der Waals surface area contributed by atoms with E-state index in [1.165, 1.54) is 0 Å². The summed E-state index contributed by atoms with van der Waals surface area (Å²) in [6.07, 6.45) is 0. The fourth-order valence-corrected chi connectivity index (χ4v) is 10.4. The summed E-state index contributed by atoms with van der Waals surface area (Å²) in [5, 5.41) is 17.7. The number of carbonyl (C=O) groups is 4. The van der Waals surface area contributed by atoms with E-state index in [2.05, 4.69) is 104 Å². The Balaban J connectivity index is 0.000000195. The Kier molecular flexibility index (Phi) is 17.2. The molecular weight excluding hydrogens is 1130 g/mol. The first kappa shape index (κ1) is 56.4. The molecule has 404 valence electrons. The average molecular weight is 1190 g/mol. The molecule has 0 unspecified atom stereocenters. The maximum Gasteiger partial charge on any atom is 0.339 e. The van der Waals surface area contributed by atoms with Crippen LogP contribution in [0.5, 0.6) is 0 Å². The van der Waals surface area contributed by atoms with Gasteiger partial charge >= 0.3 is 11.9 Å². The van der Waals surface area contributed by atoms with Gasteiger partial charge in [-0.15, -0.1) is 0 Å². The van der Waals surface area contributed by atoms with Crippen molar-refractivity contribution < 1.29 is 29.0 Å². The van der Waals surface area contributed by atoms with Gasteiger partial charge in [-0.2, -0.15) is 0 Å². The molecule has 8 aromatic carbocycles. The van der Waals surface area contributed by atoms with Crippen molar-refractivity contribution >= 4 is 77.4 Å². The van der Waals surface area contributed by atoms with Gasteiger partial charge in [0.1, 0.15) is 5.60 Å². The second kappa shape index (κ2) is 24.4. The molecule has 0 radical (unpaired) electrons. The Morgan fingerprint density at radius 3 is 1.26 bits per heavy atom. The summed E-state index contributed by atoms with van der Waals surface area (Å²) >= 11 is 6.88. The number of hydrogen-bond donors (Lipinski definition) is 3. The Hall–Kier alpha value is -8.32. The number of hydrogen-bond acceptors (Lipinski definition) is 5. The second-order valence-corrected chi connectivity index (χ2v) is 22.8. The van der Waals surface area contributed by atoms with Crippen molar-refractivity contribution in [3.05, 3.63) is 258 Å². The number of fused-ring (bicyclic) bond motifs is 2. The molecule has 2 amide bonds. The Morgan fingerprint density at radius 1 is 0.487 bits per heavy atom. The standard InChI is InChI=1S/C36H35BrN2O3.C32H27BrN2O3/c1-23-24(2)39(33-19-16-28(20-32(23)33)34(40)38-21-25-12-17-29(37)18-13-25)22-26-10-14-27(15-11-26)30-8-6-7-9-31(30)35(41)42-36(3,4)5;1-20-21(2)35(19-23-7-11-24(12-8-23)27-5-3-4-6-28(27)32(37)38)30-16-13-25(17-29(20)30)31(36)34-18-22-9-14-26(33)15-10-22/h6-20H,21-22H2,1-5H3,(H,38,40);3-17H,18-19H2,1-2H3,(H,34,36)(H,37,38). The summed E-state index contributed by atoms with van der Waals surface area (Å²) in [6, 6.07) is 58.5. The van der Waals surface area contributed by atoms with E-state index in [0.717, 1.165) is 92.2 Å². The molecule has 2 aromatic heterocycles. The first-order valence-corrected chi connectivity index (χ1v) is 28.0. The van der Waals surface area contributed by atoms with Crippen molar-refractivity contribution in [2.75, 3.05) is 0 Å². The highest BCUT2D eigenvalue weighted by Crippen LogP contribution is 2.32. The zero-order valence-electron chi connectivity index (χ0n) is 45.8. The van der Waals surface area contributed by atoms with Gasteiger partial charge < -0.3 is 29.6 Å². The highest BCUT2D eigenvalue weighted by molar-refractivity contribution is 9.10. The molecule has 0 atom stereocenters. The average Bonchev–Trinajstić information content (AvgIpc) is 3.84. The van der Waals surface area contributed by atoms with Crippen LogP contribution in [0.1, 0.15) is 107 Å². The largest absolute Gasteiger partial charge is 0.478 e. The lowest BCUT2D eigenvalue weighted by Crippen LogP contribution is -2.24. The number of nitrogens with one attached hydrogen (secondary N) is 2. The van der Waals surface area contributed by atoms with Crippen LogP contribution in [0.3, 0.4) is 0 Å². The lowest BCUT2D eigenvalue weighted by atomic mass is 9.98. The molecule has 10 nitrogen and oxygen atoms in total. The van der Waals surface area contributed by atoms with Gasteiger partial charge in [-0.3, -0.25) is 9.59 Å². The lowest BCUT2D eigenvalue weighted by Gasteiger charge is -2.20. The second-order valence-electron chi connectivity index (χ2n) is 21.0. The molecule has 0 aliphatic carbocycles. The van der Waals surface area contributed by atoms with Crippen molar-refractivity contribution in [1.82, 2.24) is 19.8 Å². The van der Waals surface area contributed by atoms with E-state index in [1.54, 1.807) is 12.1 Å². The third-order valence-electron chi connectivity index (χ3n) is 14.4. The molecule has 0 bridgehead atoms. The van der Waals surface area contributed by atoms with Gasteiger partial charge in [0.05, 0.1) is 11.1 Å². The lowest BCUT2D eigenvalue weighted by molar-refractivity contribution is 0.00699. The smallest absolute Gasteiger partial charge is 0.339 e. The van der Waals surface area contributed by atoms with Crippen molar-refractivity contribution in [2.24, 2.45) is 0 Å². The molecule has 80 heavy (non-hydrogen) atoms. The van der Waals surface area contributed by atoms with Crippen LogP contribution in [0.25, 0.3) is 44.1 Å². The molecule has 12 heteroatoms. The number of carbonyl (C=O) groups excluding carboxylic acids is 3. The summed E-state index contributed by atoms with van der Waals surface area (Å²) in [5.41, 5.74) is 16.1. The van der Waals surface area contributed by atoms with Gasteiger partial charge in [-0.1, -0.05) is 141 Å². The summed E-state index contributed by atoms with van der Waals surface area (Å²) < 4.78 is 12.2. The van der Waals surface area contributed by atoms with Gasteiger partial charge in [-0.05, 0) is 177 Å². The van der Waals surface area contributed by atoms with Crippen molar-refractivity contribution in [3.8, 4) is 22.3 Å². The number of nitrogens with zero attached hydrogens (tertiary/aromatic N) is 2. The molecule has 0 saturated heterocycles. The summed E-state index contributed by atoms with van der Waals surface area (Å²) in [5.74, 6) is -1.45. The number of aromatic nitrogens is 2. The topological polar surface area (TPSA) is 132 Å². The van der Waals surface area contributed by atoms with Crippen LogP contribution in [0.2, 0.25) is 0 Å². The molecule has 0 aliphatic heterocycles. The van der Waals surface area contributed by atoms with E-state index in [-0.39, 0.29) is 17.8 Å². The number of amides is 2. The Morgan fingerprint density at radius 2 is 0.863 bits per heavy atom. The zero-order valence-corrected chi connectivity index (χ0v) is 49.0. The predicted octanol–water partition coefficient (Wildman–Crippen LogP) is 16.0. The van der Waals surface area contributed by atoms with E-state index in [0.29, 0.717) is 54.0 Å². The molecule has 0 aliphatic rings. The predicted molar refractivity (Wildman–Crippen MR) is 328 cm³/mol. The number of ether oxygens (including phenoxy) is 1. The van der Waals surface area contributed by atoms with E-state index >= 15 is 0 Å². The van der Waals surface area contributed by atoms with Gasteiger partial charge in [0.25, 0.3) is 11.8 Å². The van der Waals surface area contributed by atoms with Gasteiger partial charge in [0, 0.05) is 79.4 Å². The van der Waals surface area contributed by atoms with Crippen molar-refractivity contribution in [2.45, 2.75) is 80.2 Å². The molecule has 2 heterocycles. The minimum Gasteiger partial charge on any atom is -0.478 e. The highest BCUT2D eigenvalue weighted by atomic mass is 79.9. The normalized spacial score (nSPS) is 11.3. The van der Waals surface area contributed by atoms with Crippen LogP contribution in [-0.4, -0.2) is 43.6 Å². The molecule has 3 N–H and O–H groups in total. The Labute approximate surface area is 483 Å². The minimum absolute atomic E-state index is 0.0909. The van der Waals surface area contributed by atoms with Gasteiger partial charge in [-0.25, -0.2) is 9.59 Å². The van der Waals surface area contributed by atoms with Crippen molar-refractivity contribution in [3.63, 3.8) is 0 Å². The SMILES string of the molecule is Cc1c(C)n(Cc2ccc(-c3ccccc3C(=O)O)cc2)c2ccc(C(=O)NCc3ccc(Br)cc3)cc12.Cc1c(C)n(Cc2ccc(-c3ccccc3C(=O)OC(C)(C)C)cc2)c2ccc(C(=O)NCc3ccc(Br)cc3)cc12. The molecule has 10 aromatic rings. The maximum absolute atomic E-state index is 12.9. The number of aromatic carboxylic acids is 1. The maximum atomic E-state index is 12.9. The summed E-state index contributed by atoms with van der Waals surface area (Å²) in [7, 11) is 0. The van der Waals surface area contributed by atoms with E-state index in [4.69, 9.17) is 4.74 Å². The van der Waals surface area contributed by atoms with Crippen molar-refractivity contribution in [1.29, 1.82) is 0 Å². The molecule has 0 fully saturated rings. The summed E-state index contributed by atoms with van der Waals surface area (Å²) in [4.78, 5) is 50.3. The quantitative estimate of drug-likeness (QED) is 0.0930. The van der Waals surface area contributed by atoms with Crippen LogP contribution < -0.4 is 10.6 Å². The highest BCUT2D eigenvalue weighted by Gasteiger charge is 2.22. The van der Waals surface area contributed by atoms with E-state index in [9.17, 15) is 24.3 Å². The number of halogens is 2. The molecule has 0 saturated carbocycles. The van der Waals surface area contributed by atoms with Gasteiger partial charge in [0.15, 0.2) is 0 Å². The first-order valence-electron chi connectivity index (χ1n) is 26.4. The molecule has 10 rings (SSSR count). The number of esters is 1. The summed E-state index contributed by atoms with van der Waals surface area (Å²) in [6.45, 7) is 16.3. The molecule has 0 spiro atoms.